The number of benzene rings is 2. The summed E-state index contributed by atoms with van der Waals surface area (Å²) in [7, 11) is 4.72. The molecule has 0 radical (unpaired) electrons. The van der Waals surface area contributed by atoms with E-state index in [4.69, 9.17) is 37.4 Å². The van der Waals surface area contributed by atoms with Crippen LogP contribution in [0.25, 0.3) is 11.1 Å². The molecule has 2 heterocycles. The lowest BCUT2D eigenvalue weighted by Crippen LogP contribution is -2.40. The first-order valence-electron chi connectivity index (χ1n) is 12.9. The lowest BCUT2D eigenvalue weighted by Gasteiger charge is -2.33. The first kappa shape index (κ1) is 28.9. The van der Waals surface area contributed by atoms with E-state index in [1.807, 2.05) is 24.3 Å². The second kappa shape index (κ2) is 13.8. The molecule has 1 amide bonds. The Hall–Kier alpha value is -3.07. The fraction of sp³-hybridized carbons (Fsp3) is 0.414. The largest absolute Gasteiger partial charge is 0.493 e. The quantitative estimate of drug-likeness (QED) is 0.327. The molecule has 39 heavy (non-hydrogen) atoms. The van der Waals surface area contributed by atoms with Gasteiger partial charge in [0.1, 0.15) is 5.82 Å². The summed E-state index contributed by atoms with van der Waals surface area (Å²) in [6.45, 7) is 3.33. The van der Waals surface area contributed by atoms with Crippen LogP contribution in [0.4, 0.5) is 0 Å². The Kier molecular flexibility index (Phi) is 10.3. The van der Waals surface area contributed by atoms with Crippen LogP contribution in [0.2, 0.25) is 10.0 Å². The Balaban J connectivity index is 1.26. The number of nitrogens with zero attached hydrogens (tertiary/aromatic N) is 3. The Morgan fingerprint density at radius 2 is 1.77 bits per heavy atom. The van der Waals surface area contributed by atoms with Crippen molar-refractivity contribution in [2.24, 2.45) is 5.92 Å². The minimum absolute atomic E-state index is 0.00214. The predicted molar refractivity (Wildman–Crippen MR) is 153 cm³/mol. The Morgan fingerprint density at radius 3 is 2.44 bits per heavy atom. The third-order valence-corrected chi connectivity index (χ3v) is 7.75. The number of ether oxygens (including phenoxy) is 3. The van der Waals surface area contributed by atoms with Crippen LogP contribution >= 0.6 is 23.2 Å². The Labute approximate surface area is 239 Å². The van der Waals surface area contributed by atoms with Gasteiger partial charge in [0.25, 0.3) is 0 Å². The molecule has 0 spiro atoms. The van der Waals surface area contributed by atoms with Crippen molar-refractivity contribution in [1.82, 2.24) is 20.2 Å². The van der Waals surface area contributed by atoms with Crippen molar-refractivity contribution in [1.29, 1.82) is 0 Å². The molecule has 2 aromatic carbocycles. The van der Waals surface area contributed by atoms with Gasteiger partial charge >= 0.3 is 0 Å². The maximum Gasteiger partial charge on any atom is 0.220 e. The molecule has 1 fully saturated rings. The number of nitrogens with one attached hydrogen (secondary N) is 1. The average molecular weight is 574 g/mol. The summed E-state index contributed by atoms with van der Waals surface area (Å²) in [5.74, 6) is 2.66. The summed E-state index contributed by atoms with van der Waals surface area (Å²) in [6.07, 6.45) is 6.45. The van der Waals surface area contributed by atoms with Gasteiger partial charge in [-0.15, -0.1) is 0 Å². The van der Waals surface area contributed by atoms with Gasteiger partial charge in [0.05, 0.1) is 31.4 Å². The summed E-state index contributed by atoms with van der Waals surface area (Å²) in [5.41, 5.74) is 2.68. The van der Waals surface area contributed by atoms with E-state index >= 15 is 0 Å². The molecule has 4 rings (SSSR count). The van der Waals surface area contributed by atoms with Gasteiger partial charge in [-0.3, -0.25) is 9.69 Å². The third kappa shape index (κ3) is 7.53. The van der Waals surface area contributed by atoms with Crippen LogP contribution in [0, 0.1) is 5.92 Å². The highest BCUT2D eigenvalue weighted by Gasteiger charge is 2.21. The van der Waals surface area contributed by atoms with Gasteiger partial charge in [-0.2, -0.15) is 0 Å². The molecule has 1 aliphatic heterocycles. The van der Waals surface area contributed by atoms with E-state index in [0.717, 1.165) is 49.2 Å². The molecule has 3 aromatic rings. The van der Waals surface area contributed by atoms with Crippen LogP contribution in [-0.2, 0) is 17.8 Å². The van der Waals surface area contributed by atoms with E-state index in [1.54, 1.807) is 39.8 Å². The van der Waals surface area contributed by atoms with Gasteiger partial charge in [0, 0.05) is 50.4 Å². The number of likely N-dealkylation sites (tertiary alicyclic amines) is 1. The maximum atomic E-state index is 12.6. The zero-order valence-electron chi connectivity index (χ0n) is 22.5. The van der Waals surface area contributed by atoms with Gasteiger partial charge < -0.3 is 19.5 Å². The van der Waals surface area contributed by atoms with Crippen molar-refractivity contribution in [3.05, 3.63) is 64.2 Å². The molecular formula is C29H34Cl2N4O4. The highest BCUT2D eigenvalue weighted by atomic mass is 35.5. The second-order valence-corrected chi connectivity index (χ2v) is 10.3. The molecule has 8 nitrogen and oxygen atoms in total. The van der Waals surface area contributed by atoms with Gasteiger partial charge in [-0.05, 0) is 54.6 Å². The first-order valence-corrected chi connectivity index (χ1v) is 13.7. The summed E-state index contributed by atoms with van der Waals surface area (Å²) in [5, 5.41) is 4.29. The van der Waals surface area contributed by atoms with E-state index in [2.05, 4.69) is 20.2 Å². The van der Waals surface area contributed by atoms with Crippen molar-refractivity contribution in [2.75, 3.05) is 41.0 Å². The van der Waals surface area contributed by atoms with Crippen molar-refractivity contribution in [3.63, 3.8) is 0 Å². The number of halogens is 2. The number of carbonyl (C=O) groups excluding carboxylic acids is 1. The summed E-state index contributed by atoms with van der Waals surface area (Å²) in [6, 6.07) is 9.44. The molecule has 0 bridgehead atoms. The Bertz CT molecular complexity index is 1250. The molecule has 10 heteroatoms. The van der Waals surface area contributed by atoms with Gasteiger partial charge in [-0.1, -0.05) is 35.3 Å². The maximum absolute atomic E-state index is 12.6. The molecule has 1 saturated heterocycles. The van der Waals surface area contributed by atoms with Crippen LogP contribution in [0.3, 0.4) is 0 Å². The van der Waals surface area contributed by atoms with E-state index in [-0.39, 0.29) is 5.91 Å². The fourth-order valence-electron chi connectivity index (χ4n) is 4.83. The van der Waals surface area contributed by atoms with E-state index in [9.17, 15) is 4.79 Å². The number of amides is 1. The molecule has 0 aliphatic carbocycles. The van der Waals surface area contributed by atoms with E-state index < -0.39 is 0 Å². The molecule has 1 N–H and O–H groups in total. The monoisotopic (exact) mass is 572 g/mol. The van der Waals surface area contributed by atoms with Crippen molar-refractivity contribution in [3.8, 4) is 28.4 Å². The highest BCUT2D eigenvalue weighted by Crippen LogP contribution is 2.41. The third-order valence-electron chi connectivity index (χ3n) is 6.90. The Morgan fingerprint density at radius 1 is 1.05 bits per heavy atom. The van der Waals surface area contributed by atoms with Crippen LogP contribution in [0.1, 0.15) is 30.7 Å². The number of carbonyl (C=O) groups is 1. The smallest absolute Gasteiger partial charge is 0.220 e. The molecular weight excluding hydrogens is 539 g/mol. The van der Waals surface area contributed by atoms with Crippen molar-refractivity contribution < 1.29 is 19.0 Å². The zero-order valence-corrected chi connectivity index (χ0v) is 24.0. The van der Waals surface area contributed by atoms with Gasteiger partial charge in [0.2, 0.25) is 11.7 Å². The summed E-state index contributed by atoms with van der Waals surface area (Å²) < 4.78 is 16.3. The number of rotatable bonds is 11. The zero-order chi connectivity index (χ0) is 27.8. The number of aromatic nitrogens is 2. The molecule has 208 valence electrons. The molecule has 1 unspecified atom stereocenters. The van der Waals surface area contributed by atoms with Crippen molar-refractivity contribution >= 4 is 29.1 Å². The molecule has 0 saturated carbocycles. The van der Waals surface area contributed by atoms with Gasteiger partial charge in [-0.25, -0.2) is 9.97 Å². The molecule has 1 atom stereocenters. The number of methoxy groups -OCH3 is 3. The van der Waals surface area contributed by atoms with Crippen molar-refractivity contribution in [2.45, 2.75) is 32.2 Å². The standard InChI is InChI=1S/C29H34Cl2N4O4/c1-37-24-12-21(13-25(38-2)29(24)39-3)22-15-32-26(33-16-22)9-10-27(36)34-14-19-6-5-11-35(17-19)18-20-7-4-8-23(30)28(20)31/h4,7-8,12-13,15-16,19H,5-6,9-11,14,17-18H2,1-3H3,(H,34,36). The fourth-order valence-corrected chi connectivity index (χ4v) is 5.21. The molecule has 1 aliphatic rings. The number of hydrogen-bond acceptors (Lipinski definition) is 7. The average Bonchev–Trinajstić information content (AvgIpc) is 2.97. The summed E-state index contributed by atoms with van der Waals surface area (Å²) in [4.78, 5) is 23.9. The highest BCUT2D eigenvalue weighted by molar-refractivity contribution is 6.42. The lowest BCUT2D eigenvalue weighted by molar-refractivity contribution is -0.121. The van der Waals surface area contributed by atoms with Crippen LogP contribution in [0.15, 0.2) is 42.7 Å². The topological polar surface area (TPSA) is 85.8 Å². The number of aryl methyl sites for hydroxylation is 1. The number of hydrogen-bond donors (Lipinski definition) is 1. The normalized spacial score (nSPS) is 15.6. The van der Waals surface area contributed by atoms with E-state index in [0.29, 0.717) is 58.4 Å². The van der Waals surface area contributed by atoms with Crippen LogP contribution in [0.5, 0.6) is 17.2 Å². The minimum atomic E-state index is 0.00214. The predicted octanol–water partition coefficient (Wildman–Crippen LogP) is 5.44. The molecule has 1 aromatic heterocycles. The summed E-state index contributed by atoms with van der Waals surface area (Å²) >= 11 is 12.5. The second-order valence-electron chi connectivity index (χ2n) is 9.56. The van der Waals surface area contributed by atoms with Gasteiger partial charge in [0.15, 0.2) is 11.5 Å². The lowest BCUT2D eigenvalue weighted by atomic mass is 9.97. The first-order chi connectivity index (χ1) is 18.9. The SMILES string of the molecule is COc1cc(-c2cnc(CCC(=O)NCC3CCCN(Cc4cccc(Cl)c4Cl)C3)nc2)cc(OC)c1OC. The van der Waals surface area contributed by atoms with Crippen LogP contribution in [-0.4, -0.2) is 61.7 Å². The minimum Gasteiger partial charge on any atom is -0.493 e. The van der Waals surface area contributed by atoms with Crippen LogP contribution < -0.4 is 19.5 Å². The van der Waals surface area contributed by atoms with E-state index in [1.165, 1.54) is 0 Å². The number of piperidine rings is 1.